The summed E-state index contributed by atoms with van der Waals surface area (Å²) in [5.41, 5.74) is 0.221. The number of aryl methyl sites for hydroxylation is 1. The number of nitrogens with one attached hydrogen (secondary N) is 1. The van der Waals surface area contributed by atoms with Gasteiger partial charge in [-0.2, -0.15) is 0 Å². The van der Waals surface area contributed by atoms with Crippen LogP contribution in [0.4, 0.5) is 8.78 Å². The Labute approximate surface area is 123 Å². The van der Waals surface area contributed by atoms with Crippen LogP contribution in [-0.2, 0) is 11.2 Å². The zero-order valence-corrected chi connectivity index (χ0v) is 11.9. The number of hydrogen-bond donors (Lipinski definition) is 2. The molecule has 2 N–H and O–H groups in total. The van der Waals surface area contributed by atoms with Crippen molar-refractivity contribution in [2.24, 2.45) is 5.92 Å². The van der Waals surface area contributed by atoms with Gasteiger partial charge in [-0.25, -0.2) is 8.78 Å². The van der Waals surface area contributed by atoms with E-state index in [0.717, 1.165) is 43.9 Å². The molecular formula is C16H21F2NO2. The number of amides is 1. The Morgan fingerprint density at radius 3 is 2.90 bits per heavy atom. The summed E-state index contributed by atoms with van der Waals surface area (Å²) in [6.45, 7) is 0.543. The van der Waals surface area contributed by atoms with E-state index in [9.17, 15) is 18.7 Å². The number of aliphatic hydroxyl groups excluding tert-OH is 1. The van der Waals surface area contributed by atoms with Gasteiger partial charge in [0.2, 0.25) is 5.91 Å². The molecule has 5 heteroatoms. The largest absolute Gasteiger partial charge is 0.393 e. The first-order chi connectivity index (χ1) is 10.0. The molecule has 0 spiro atoms. The molecule has 3 nitrogen and oxygen atoms in total. The monoisotopic (exact) mass is 297 g/mol. The van der Waals surface area contributed by atoms with E-state index in [1.807, 2.05) is 0 Å². The first-order valence-electron chi connectivity index (χ1n) is 7.43. The molecule has 0 bridgehead atoms. The number of hydrogen-bond acceptors (Lipinski definition) is 2. The summed E-state index contributed by atoms with van der Waals surface area (Å²) in [4.78, 5) is 11.7. The SMILES string of the molecule is O=C(CCc1cc(F)ccc1F)NCC1CCCC(O)C1. The molecule has 1 amide bonds. The van der Waals surface area contributed by atoms with E-state index < -0.39 is 11.6 Å². The van der Waals surface area contributed by atoms with E-state index in [4.69, 9.17) is 0 Å². The predicted octanol–water partition coefficient (Wildman–Crippen LogP) is 2.56. The van der Waals surface area contributed by atoms with Crippen LogP contribution in [0.2, 0.25) is 0 Å². The molecule has 2 atom stereocenters. The summed E-state index contributed by atoms with van der Waals surface area (Å²) >= 11 is 0. The molecule has 2 unspecified atom stereocenters. The van der Waals surface area contributed by atoms with Crippen LogP contribution in [0.25, 0.3) is 0 Å². The summed E-state index contributed by atoms with van der Waals surface area (Å²) in [7, 11) is 0. The molecular weight excluding hydrogens is 276 g/mol. The normalized spacial score (nSPS) is 22.0. The minimum absolute atomic E-state index is 0.135. The zero-order chi connectivity index (χ0) is 15.2. The lowest BCUT2D eigenvalue weighted by Gasteiger charge is -2.25. The van der Waals surface area contributed by atoms with Crippen molar-refractivity contribution in [2.45, 2.75) is 44.6 Å². The molecule has 0 aliphatic heterocycles. The summed E-state index contributed by atoms with van der Waals surface area (Å²) in [6.07, 6.45) is 3.61. The summed E-state index contributed by atoms with van der Waals surface area (Å²) in [5, 5.41) is 12.4. The van der Waals surface area contributed by atoms with E-state index >= 15 is 0 Å². The van der Waals surface area contributed by atoms with Crippen molar-refractivity contribution < 1.29 is 18.7 Å². The molecule has 0 radical (unpaired) electrons. The Hall–Kier alpha value is -1.49. The average molecular weight is 297 g/mol. The van der Waals surface area contributed by atoms with Gasteiger partial charge in [0.25, 0.3) is 0 Å². The van der Waals surface area contributed by atoms with Gasteiger partial charge in [0.05, 0.1) is 6.10 Å². The maximum atomic E-state index is 13.4. The van der Waals surface area contributed by atoms with Crippen molar-refractivity contribution in [3.8, 4) is 0 Å². The fraction of sp³-hybridized carbons (Fsp3) is 0.562. The molecule has 1 aliphatic rings. The molecule has 1 aliphatic carbocycles. The fourth-order valence-corrected chi connectivity index (χ4v) is 2.78. The maximum absolute atomic E-state index is 13.4. The smallest absolute Gasteiger partial charge is 0.220 e. The van der Waals surface area contributed by atoms with Crippen molar-refractivity contribution in [1.82, 2.24) is 5.32 Å². The fourth-order valence-electron chi connectivity index (χ4n) is 2.78. The number of aliphatic hydroxyl groups is 1. The Morgan fingerprint density at radius 2 is 2.14 bits per heavy atom. The van der Waals surface area contributed by atoms with Crippen LogP contribution in [0.15, 0.2) is 18.2 Å². The van der Waals surface area contributed by atoms with Crippen LogP contribution in [0, 0.1) is 17.6 Å². The van der Waals surface area contributed by atoms with Crippen molar-refractivity contribution in [2.75, 3.05) is 6.54 Å². The van der Waals surface area contributed by atoms with Gasteiger partial charge in [-0.3, -0.25) is 4.79 Å². The van der Waals surface area contributed by atoms with Gasteiger partial charge in [0.15, 0.2) is 0 Å². The number of carbonyl (C=O) groups is 1. The van der Waals surface area contributed by atoms with E-state index in [1.54, 1.807) is 0 Å². The average Bonchev–Trinajstić information content (AvgIpc) is 2.46. The molecule has 0 saturated heterocycles. The standard InChI is InChI=1S/C16H21F2NO2/c17-13-5-6-15(18)12(9-13)4-7-16(21)19-10-11-2-1-3-14(20)8-11/h5-6,9,11,14,20H,1-4,7-8,10H2,(H,19,21). The lowest BCUT2D eigenvalue weighted by Crippen LogP contribution is -2.33. The van der Waals surface area contributed by atoms with Crippen LogP contribution in [0.3, 0.4) is 0 Å². The first-order valence-corrected chi connectivity index (χ1v) is 7.43. The molecule has 1 aromatic rings. The van der Waals surface area contributed by atoms with Crippen molar-refractivity contribution >= 4 is 5.91 Å². The molecule has 1 fully saturated rings. The second-order valence-corrected chi connectivity index (χ2v) is 5.73. The van der Waals surface area contributed by atoms with Gasteiger partial charge >= 0.3 is 0 Å². The third kappa shape index (κ3) is 5.08. The summed E-state index contributed by atoms with van der Waals surface area (Å²) in [5.74, 6) is -0.843. The highest BCUT2D eigenvalue weighted by Gasteiger charge is 2.20. The quantitative estimate of drug-likeness (QED) is 0.877. The first kappa shape index (κ1) is 15.9. The van der Waals surface area contributed by atoms with Gasteiger partial charge in [-0.15, -0.1) is 0 Å². The van der Waals surface area contributed by atoms with Crippen LogP contribution in [0.5, 0.6) is 0 Å². The highest BCUT2D eigenvalue weighted by atomic mass is 19.1. The van der Waals surface area contributed by atoms with Crippen LogP contribution < -0.4 is 5.32 Å². The minimum atomic E-state index is -0.497. The number of benzene rings is 1. The minimum Gasteiger partial charge on any atom is -0.393 e. The molecule has 116 valence electrons. The molecule has 1 aromatic carbocycles. The number of carbonyl (C=O) groups excluding carboxylic acids is 1. The predicted molar refractivity (Wildman–Crippen MR) is 75.7 cm³/mol. The van der Waals surface area contributed by atoms with Crippen LogP contribution >= 0.6 is 0 Å². The Bertz CT molecular complexity index is 493. The summed E-state index contributed by atoms with van der Waals surface area (Å²) in [6, 6.07) is 3.26. The highest BCUT2D eigenvalue weighted by Crippen LogP contribution is 2.23. The molecule has 1 saturated carbocycles. The molecule has 0 aromatic heterocycles. The van der Waals surface area contributed by atoms with Gasteiger partial charge < -0.3 is 10.4 Å². The molecule has 21 heavy (non-hydrogen) atoms. The van der Waals surface area contributed by atoms with Gasteiger partial charge in [-0.1, -0.05) is 6.42 Å². The van der Waals surface area contributed by atoms with Gasteiger partial charge in [0.1, 0.15) is 11.6 Å². The van der Waals surface area contributed by atoms with Crippen LogP contribution in [0.1, 0.15) is 37.7 Å². The van der Waals surface area contributed by atoms with E-state index in [0.29, 0.717) is 12.5 Å². The van der Waals surface area contributed by atoms with E-state index in [-0.39, 0.29) is 30.4 Å². The van der Waals surface area contributed by atoms with Crippen molar-refractivity contribution in [1.29, 1.82) is 0 Å². The van der Waals surface area contributed by atoms with Gasteiger partial charge in [-0.05, 0) is 55.4 Å². The second-order valence-electron chi connectivity index (χ2n) is 5.73. The Morgan fingerprint density at radius 1 is 1.33 bits per heavy atom. The Kier molecular flexibility index (Phi) is 5.67. The molecule has 0 heterocycles. The van der Waals surface area contributed by atoms with Crippen molar-refractivity contribution in [3.05, 3.63) is 35.4 Å². The summed E-state index contributed by atoms with van der Waals surface area (Å²) < 4.78 is 26.4. The maximum Gasteiger partial charge on any atom is 0.220 e. The van der Waals surface area contributed by atoms with Crippen LogP contribution in [-0.4, -0.2) is 23.7 Å². The lowest BCUT2D eigenvalue weighted by atomic mass is 9.87. The number of halogens is 2. The lowest BCUT2D eigenvalue weighted by molar-refractivity contribution is -0.121. The topological polar surface area (TPSA) is 49.3 Å². The van der Waals surface area contributed by atoms with Crippen molar-refractivity contribution in [3.63, 3.8) is 0 Å². The highest BCUT2D eigenvalue weighted by molar-refractivity contribution is 5.76. The second kappa shape index (κ2) is 7.50. The third-order valence-corrected chi connectivity index (χ3v) is 3.97. The zero-order valence-electron chi connectivity index (χ0n) is 11.9. The van der Waals surface area contributed by atoms with E-state index in [2.05, 4.69) is 5.32 Å². The Balaban J connectivity index is 1.73. The number of rotatable bonds is 5. The van der Waals surface area contributed by atoms with E-state index in [1.165, 1.54) is 0 Å². The van der Waals surface area contributed by atoms with Gasteiger partial charge in [0, 0.05) is 13.0 Å². The third-order valence-electron chi connectivity index (χ3n) is 3.97. The molecule has 2 rings (SSSR count).